The van der Waals surface area contributed by atoms with Gasteiger partial charge in [0.25, 0.3) is 6.47 Å². The fourth-order valence-electron chi connectivity index (χ4n) is 1.58. The van der Waals surface area contributed by atoms with Gasteiger partial charge in [-0.15, -0.1) is 0 Å². The molecule has 1 aliphatic carbocycles. The standard InChI is InChI=1S/C14H14.CH2O2/c1-12-7-5-6-10-14(12)11-13-8-3-2-4-9-13;2-1-3/h2-12H,1H3;1H,(H,2,3). The van der Waals surface area contributed by atoms with Gasteiger partial charge in [-0.2, -0.15) is 0 Å². The molecule has 0 saturated carbocycles. The molecule has 2 nitrogen and oxygen atoms in total. The van der Waals surface area contributed by atoms with E-state index in [1.54, 1.807) is 0 Å². The lowest BCUT2D eigenvalue weighted by Gasteiger charge is -2.11. The number of hydrogen-bond donors (Lipinski definition) is 1. The van der Waals surface area contributed by atoms with Crippen LogP contribution in [-0.4, -0.2) is 11.6 Å². The maximum absolute atomic E-state index is 8.36. The third kappa shape index (κ3) is 4.51. The Morgan fingerprint density at radius 3 is 2.41 bits per heavy atom. The Kier molecular flexibility index (Phi) is 5.52. The minimum Gasteiger partial charge on any atom is -0.483 e. The molecule has 0 aliphatic heterocycles. The minimum atomic E-state index is -0.250. The van der Waals surface area contributed by atoms with E-state index in [0.29, 0.717) is 5.92 Å². The molecule has 0 heterocycles. The Balaban J connectivity index is 0.000000437. The molecule has 1 N–H and O–H groups in total. The van der Waals surface area contributed by atoms with Gasteiger partial charge >= 0.3 is 0 Å². The zero-order chi connectivity index (χ0) is 12.5. The van der Waals surface area contributed by atoms with Crippen molar-refractivity contribution in [1.82, 2.24) is 0 Å². The van der Waals surface area contributed by atoms with E-state index < -0.39 is 0 Å². The summed E-state index contributed by atoms with van der Waals surface area (Å²) in [5.74, 6) is 0.528. The van der Waals surface area contributed by atoms with Crippen molar-refractivity contribution in [3.8, 4) is 0 Å². The summed E-state index contributed by atoms with van der Waals surface area (Å²) < 4.78 is 0. The largest absolute Gasteiger partial charge is 0.483 e. The first-order valence-electron chi connectivity index (χ1n) is 5.47. The second-order valence-corrected chi connectivity index (χ2v) is 3.69. The van der Waals surface area contributed by atoms with Gasteiger partial charge in [0.05, 0.1) is 0 Å². The first-order chi connectivity index (χ1) is 8.27. The highest BCUT2D eigenvalue weighted by Gasteiger charge is 2.04. The molecule has 0 amide bonds. The summed E-state index contributed by atoms with van der Waals surface area (Å²) in [6.45, 7) is 1.97. The lowest BCUT2D eigenvalue weighted by molar-refractivity contribution is -0.122. The van der Waals surface area contributed by atoms with Crippen molar-refractivity contribution in [3.05, 3.63) is 65.8 Å². The quantitative estimate of drug-likeness (QED) is 0.746. The normalized spacial score (nSPS) is 19.6. The highest BCUT2D eigenvalue weighted by Crippen LogP contribution is 2.20. The monoisotopic (exact) mass is 228 g/mol. The van der Waals surface area contributed by atoms with Gasteiger partial charge in [0.2, 0.25) is 0 Å². The Bertz CT molecular complexity index is 427. The van der Waals surface area contributed by atoms with Gasteiger partial charge < -0.3 is 5.11 Å². The maximum Gasteiger partial charge on any atom is 0.290 e. The molecular formula is C15H16O2. The Hall–Kier alpha value is -2.09. The number of carboxylic acid groups (broad SMARTS) is 1. The van der Waals surface area contributed by atoms with Crippen LogP contribution in [0.1, 0.15) is 12.5 Å². The van der Waals surface area contributed by atoms with Gasteiger partial charge in [-0.1, -0.05) is 67.6 Å². The molecule has 0 spiro atoms. The molecule has 0 aromatic heterocycles. The van der Waals surface area contributed by atoms with Gasteiger partial charge in [-0.25, -0.2) is 0 Å². The minimum absolute atomic E-state index is 0.250. The van der Waals surface area contributed by atoms with E-state index >= 15 is 0 Å². The number of allylic oxidation sites excluding steroid dienone is 5. The lowest BCUT2D eigenvalue weighted by Crippen LogP contribution is -1.95. The number of carbonyl (C=O) groups is 1. The highest BCUT2D eigenvalue weighted by atomic mass is 16.3. The predicted octanol–water partition coefficient (Wildman–Crippen LogP) is 3.53. The summed E-state index contributed by atoms with van der Waals surface area (Å²) >= 11 is 0. The van der Waals surface area contributed by atoms with Crippen LogP contribution < -0.4 is 0 Å². The van der Waals surface area contributed by atoms with E-state index in [1.165, 1.54) is 11.1 Å². The molecule has 17 heavy (non-hydrogen) atoms. The molecule has 1 aliphatic rings. The van der Waals surface area contributed by atoms with Crippen LogP contribution in [0.5, 0.6) is 0 Å². The topological polar surface area (TPSA) is 37.3 Å². The summed E-state index contributed by atoms with van der Waals surface area (Å²) in [5, 5.41) is 6.89. The molecular weight excluding hydrogens is 212 g/mol. The van der Waals surface area contributed by atoms with E-state index in [2.05, 4.69) is 61.6 Å². The first-order valence-corrected chi connectivity index (χ1v) is 5.47. The second kappa shape index (κ2) is 7.23. The van der Waals surface area contributed by atoms with Crippen LogP contribution in [-0.2, 0) is 4.79 Å². The van der Waals surface area contributed by atoms with E-state index in [4.69, 9.17) is 9.90 Å². The summed E-state index contributed by atoms with van der Waals surface area (Å²) in [5.41, 5.74) is 2.65. The van der Waals surface area contributed by atoms with Crippen LogP contribution in [0.3, 0.4) is 0 Å². The van der Waals surface area contributed by atoms with Gasteiger partial charge in [-0.3, -0.25) is 4.79 Å². The summed E-state index contributed by atoms with van der Waals surface area (Å²) in [7, 11) is 0. The number of benzene rings is 1. The van der Waals surface area contributed by atoms with E-state index in [0.717, 1.165) is 0 Å². The SMILES string of the molecule is CC1C=CC=CC1=Cc1ccccc1.O=CO. The molecule has 0 bridgehead atoms. The van der Waals surface area contributed by atoms with Crippen LogP contribution in [0.15, 0.2) is 60.2 Å². The Morgan fingerprint density at radius 1 is 1.18 bits per heavy atom. The van der Waals surface area contributed by atoms with Crippen LogP contribution >= 0.6 is 0 Å². The van der Waals surface area contributed by atoms with Crippen LogP contribution in [0.4, 0.5) is 0 Å². The molecule has 1 aromatic rings. The van der Waals surface area contributed by atoms with Crippen molar-refractivity contribution in [1.29, 1.82) is 0 Å². The van der Waals surface area contributed by atoms with E-state index in [-0.39, 0.29) is 6.47 Å². The average molecular weight is 228 g/mol. The van der Waals surface area contributed by atoms with Crippen molar-refractivity contribution in [3.63, 3.8) is 0 Å². The zero-order valence-electron chi connectivity index (χ0n) is 9.78. The zero-order valence-corrected chi connectivity index (χ0v) is 9.78. The number of rotatable bonds is 1. The van der Waals surface area contributed by atoms with E-state index in [1.807, 2.05) is 6.07 Å². The Morgan fingerprint density at radius 2 is 1.82 bits per heavy atom. The molecule has 2 rings (SSSR count). The molecule has 1 atom stereocenters. The van der Waals surface area contributed by atoms with Crippen LogP contribution in [0.2, 0.25) is 0 Å². The molecule has 2 heteroatoms. The highest BCUT2D eigenvalue weighted by molar-refractivity contribution is 5.58. The molecule has 1 unspecified atom stereocenters. The van der Waals surface area contributed by atoms with Crippen molar-refractivity contribution >= 4 is 12.5 Å². The smallest absolute Gasteiger partial charge is 0.290 e. The van der Waals surface area contributed by atoms with Gasteiger partial charge in [0.1, 0.15) is 0 Å². The third-order valence-corrected chi connectivity index (χ3v) is 2.46. The fraction of sp³-hybridized carbons (Fsp3) is 0.133. The lowest BCUT2D eigenvalue weighted by atomic mass is 9.95. The van der Waals surface area contributed by atoms with Gasteiger partial charge in [-0.05, 0) is 17.1 Å². The molecule has 0 radical (unpaired) electrons. The van der Waals surface area contributed by atoms with Crippen molar-refractivity contribution in [2.75, 3.05) is 0 Å². The van der Waals surface area contributed by atoms with Crippen molar-refractivity contribution in [2.24, 2.45) is 5.92 Å². The summed E-state index contributed by atoms with van der Waals surface area (Å²) in [6.07, 6.45) is 10.8. The first kappa shape index (κ1) is 13.0. The van der Waals surface area contributed by atoms with Crippen molar-refractivity contribution in [2.45, 2.75) is 6.92 Å². The second-order valence-electron chi connectivity index (χ2n) is 3.69. The summed E-state index contributed by atoms with van der Waals surface area (Å²) in [6, 6.07) is 10.4. The average Bonchev–Trinajstić information content (AvgIpc) is 2.35. The fourth-order valence-corrected chi connectivity index (χ4v) is 1.58. The van der Waals surface area contributed by atoms with E-state index in [9.17, 15) is 0 Å². The van der Waals surface area contributed by atoms with Gasteiger partial charge in [0, 0.05) is 0 Å². The van der Waals surface area contributed by atoms with Gasteiger partial charge in [0.15, 0.2) is 0 Å². The molecule has 1 aromatic carbocycles. The maximum atomic E-state index is 8.36. The van der Waals surface area contributed by atoms with Crippen LogP contribution in [0.25, 0.3) is 6.08 Å². The predicted molar refractivity (Wildman–Crippen MR) is 70.6 cm³/mol. The van der Waals surface area contributed by atoms with Crippen molar-refractivity contribution < 1.29 is 9.90 Å². The van der Waals surface area contributed by atoms with Crippen LogP contribution in [0, 0.1) is 5.92 Å². The Labute approximate surface area is 102 Å². The number of hydrogen-bond acceptors (Lipinski definition) is 1. The molecule has 0 fully saturated rings. The summed E-state index contributed by atoms with van der Waals surface area (Å²) in [4.78, 5) is 8.36. The molecule has 0 saturated heterocycles. The third-order valence-electron chi connectivity index (χ3n) is 2.46. The molecule has 88 valence electrons.